The van der Waals surface area contributed by atoms with Crippen molar-refractivity contribution in [3.05, 3.63) is 60.3 Å². The van der Waals surface area contributed by atoms with Crippen molar-refractivity contribution in [3.8, 4) is 6.07 Å². The van der Waals surface area contributed by atoms with Gasteiger partial charge in [-0.05, 0) is 31.7 Å². The van der Waals surface area contributed by atoms with Crippen LogP contribution in [0.15, 0.2) is 54.8 Å². The van der Waals surface area contributed by atoms with E-state index in [9.17, 15) is 5.26 Å². The highest BCUT2D eigenvalue weighted by Crippen LogP contribution is 2.25. The summed E-state index contributed by atoms with van der Waals surface area (Å²) in [7, 11) is 2.11. The molecule has 114 valence electrons. The van der Waals surface area contributed by atoms with Crippen LogP contribution in [0.3, 0.4) is 0 Å². The molecule has 22 heavy (non-hydrogen) atoms. The molecule has 1 aliphatic rings. The first-order valence-corrected chi connectivity index (χ1v) is 7.45. The molecule has 0 amide bonds. The number of hydrogen-bond donors (Lipinski definition) is 0. The van der Waals surface area contributed by atoms with E-state index in [0.717, 1.165) is 31.0 Å². The molecule has 1 fully saturated rings. The van der Waals surface area contributed by atoms with E-state index in [-0.39, 0.29) is 6.04 Å². The van der Waals surface area contributed by atoms with Crippen molar-refractivity contribution < 1.29 is 0 Å². The van der Waals surface area contributed by atoms with Crippen molar-refractivity contribution in [2.45, 2.75) is 13.0 Å². The number of rotatable bonds is 4. The van der Waals surface area contributed by atoms with Crippen LogP contribution in [0.2, 0.25) is 0 Å². The van der Waals surface area contributed by atoms with Crippen molar-refractivity contribution >= 4 is 5.82 Å². The second kappa shape index (κ2) is 7.58. The van der Waals surface area contributed by atoms with Crippen molar-refractivity contribution in [2.75, 3.05) is 31.6 Å². The van der Waals surface area contributed by atoms with Gasteiger partial charge in [-0.3, -0.25) is 0 Å². The van der Waals surface area contributed by atoms with Crippen LogP contribution in [0.5, 0.6) is 0 Å². The molecule has 1 atom stereocenters. The van der Waals surface area contributed by atoms with Gasteiger partial charge in [0, 0.05) is 25.8 Å². The largest absolute Gasteiger partial charge is 0.346 e. The van der Waals surface area contributed by atoms with Gasteiger partial charge in [0.25, 0.3) is 0 Å². The maximum atomic E-state index is 9.33. The number of pyridine rings is 1. The summed E-state index contributed by atoms with van der Waals surface area (Å²) >= 11 is 0. The maximum absolute atomic E-state index is 9.33. The van der Waals surface area contributed by atoms with Gasteiger partial charge in [-0.25, -0.2) is 4.98 Å². The van der Waals surface area contributed by atoms with E-state index in [1.807, 2.05) is 37.3 Å². The Morgan fingerprint density at radius 1 is 1.45 bits per heavy atom. The smallest absolute Gasteiger partial charge is 0.147 e. The van der Waals surface area contributed by atoms with Crippen LogP contribution in [0.25, 0.3) is 0 Å². The third kappa shape index (κ3) is 3.63. The third-order valence-corrected chi connectivity index (χ3v) is 3.80. The molecule has 0 aliphatic carbocycles. The van der Waals surface area contributed by atoms with Crippen molar-refractivity contribution in [1.29, 1.82) is 5.26 Å². The average molecular weight is 294 g/mol. The van der Waals surface area contributed by atoms with E-state index in [1.54, 1.807) is 12.3 Å². The Morgan fingerprint density at radius 2 is 2.27 bits per heavy atom. The highest BCUT2D eigenvalue weighted by atomic mass is 15.3. The average Bonchev–Trinajstić information content (AvgIpc) is 2.55. The van der Waals surface area contributed by atoms with Gasteiger partial charge < -0.3 is 9.80 Å². The zero-order valence-corrected chi connectivity index (χ0v) is 13.2. The normalized spacial score (nSPS) is 19.7. The molecule has 4 nitrogen and oxygen atoms in total. The van der Waals surface area contributed by atoms with Gasteiger partial charge in [0.15, 0.2) is 0 Å². The summed E-state index contributed by atoms with van der Waals surface area (Å²) in [6, 6.07) is 5.98. The molecule has 0 bridgehead atoms. The molecule has 1 aliphatic heterocycles. The van der Waals surface area contributed by atoms with E-state index >= 15 is 0 Å². The summed E-state index contributed by atoms with van der Waals surface area (Å²) in [5.74, 6) is 0.753. The molecule has 0 radical (unpaired) electrons. The third-order valence-electron chi connectivity index (χ3n) is 3.80. The molecule has 1 aromatic rings. The van der Waals surface area contributed by atoms with Crippen LogP contribution >= 0.6 is 0 Å². The number of anilines is 1. The van der Waals surface area contributed by atoms with Crippen LogP contribution < -0.4 is 4.90 Å². The zero-order valence-electron chi connectivity index (χ0n) is 13.2. The Hall–Kier alpha value is -2.38. The summed E-state index contributed by atoms with van der Waals surface area (Å²) in [4.78, 5) is 8.91. The van der Waals surface area contributed by atoms with Crippen LogP contribution in [-0.2, 0) is 0 Å². The van der Waals surface area contributed by atoms with Gasteiger partial charge in [-0.15, -0.1) is 0 Å². The lowest BCUT2D eigenvalue weighted by Crippen LogP contribution is -2.53. The molecule has 2 rings (SSSR count). The second-order valence-corrected chi connectivity index (χ2v) is 5.42. The number of hydrogen-bond acceptors (Lipinski definition) is 4. The summed E-state index contributed by atoms with van der Waals surface area (Å²) in [5, 5.41) is 9.33. The van der Waals surface area contributed by atoms with Gasteiger partial charge in [-0.2, -0.15) is 5.26 Å². The summed E-state index contributed by atoms with van der Waals surface area (Å²) in [6.45, 7) is 8.86. The minimum atomic E-state index is 0.127. The van der Waals surface area contributed by atoms with Crippen LogP contribution in [0, 0.1) is 11.3 Å². The molecule has 1 aromatic heterocycles. The van der Waals surface area contributed by atoms with Gasteiger partial charge in [-0.1, -0.05) is 30.9 Å². The van der Waals surface area contributed by atoms with E-state index < -0.39 is 0 Å². The van der Waals surface area contributed by atoms with Crippen molar-refractivity contribution in [2.24, 2.45) is 0 Å². The van der Waals surface area contributed by atoms with E-state index in [4.69, 9.17) is 0 Å². The van der Waals surface area contributed by atoms with Crippen molar-refractivity contribution in [3.63, 3.8) is 0 Å². The molecule has 0 aromatic carbocycles. The predicted octanol–water partition coefficient (Wildman–Crippen LogP) is 2.76. The predicted molar refractivity (Wildman–Crippen MR) is 90.7 cm³/mol. The Labute approximate surface area is 132 Å². The van der Waals surface area contributed by atoms with Gasteiger partial charge >= 0.3 is 0 Å². The van der Waals surface area contributed by atoms with Crippen LogP contribution in [0.4, 0.5) is 5.82 Å². The number of aromatic nitrogens is 1. The van der Waals surface area contributed by atoms with Crippen LogP contribution in [0.1, 0.15) is 12.5 Å². The lowest BCUT2D eigenvalue weighted by Gasteiger charge is -2.41. The molecule has 0 N–H and O–H groups in total. The lowest BCUT2D eigenvalue weighted by molar-refractivity contribution is 0.283. The molecular weight excluding hydrogens is 272 g/mol. The summed E-state index contributed by atoms with van der Waals surface area (Å²) in [5.41, 5.74) is 1.64. The van der Waals surface area contributed by atoms with Gasteiger partial charge in [0.2, 0.25) is 0 Å². The van der Waals surface area contributed by atoms with E-state index in [2.05, 4.69) is 34.5 Å². The minimum Gasteiger partial charge on any atom is -0.346 e. The Morgan fingerprint density at radius 3 is 3.00 bits per heavy atom. The molecule has 4 heteroatoms. The Kier molecular flexibility index (Phi) is 5.51. The SMILES string of the molecule is C=C(/C=C\C=C/C)[C@H]1CN(C)CCN1c1ncccc1C#N. The molecule has 1 saturated heterocycles. The Bertz CT molecular complexity index is 624. The second-order valence-electron chi connectivity index (χ2n) is 5.42. The number of piperazine rings is 1. The zero-order chi connectivity index (χ0) is 15.9. The van der Waals surface area contributed by atoms with Gasteiger partial charge in [0.1, 0.15) is 11.9 Å². The fourth-order valence-corrected chi connectivity index (χ4v) is 2.60. The number of likely N-dealkylation sites (N-methyl/N-ethyl adjacent to an activating group) is 1. The Balaban J connectivity index is 2.31. The first kappa shape index (κ1) is 16.0. The molecular formula is C18H22N4. The number of nitriles is 1. The molecule has 2 heterocycles. The standard InChI is InChI=1S/C18H22N4/c1-4-5-6-8-15(2)17-14-21(3)11-12-22(17)18-16(13-19)9-7-10-20-18/h4-10,17H,2,11-12,14H2,1,3H3/b5-4-,8-6-/t17-/m1/s1. The molecule has 0 spiro atoms. The minimum absolute atomic E-state index is 0.127. The van der Waals surface area contributed by atoms with Crippen molar-refractivity contribution in [1.82, 2.24) is 9.88 Å². The fourth-order valence-electron chi connectivity index (χ4n) is 2.60. The molecule has 0 unspecified atom stereocenters. The fraction of sp³-hybridized carbons (Fsp3) is 0.333. The van der Waals surface area contributed by atoms with E-state index in [0.29, 0.717) is 5.56 Å². The van der Waals surface area contributed by atoms with Gasteiger partial charge in [0.05, 0.1) is 11.6 Å². The van der Waals surface area contributed by atoms with Crippen LogP contribution in [-0.4, -0.2) is 42.6 Å². The highest BCUT2D eigenvalue weighted by Gasteiger charge is 2.28. The first-order chi connectivity index (χ1) is 10.7. The summed E-state index contributed by atoms with van der Waals surface area (Å²) in [6.07, 6.45) is 9.75. The summed E-state index contributed by atoms with van der Waals surface area (Å²) < 4.78 is 0. The topological polar surface area (TPSA) is 43.2 Å². The number of nitrogens with zero attached hydrogens (tertiary/aromatic N) is 4. The quantitative estimate of drug-likeness (QED) is 0.801. The number of allylic oxidation sites excluding steroid dienone is 3. The maximum Gasteiger partial charge on any atom is 0.147 e. The van der Waals surface area contributed by atoms with E-state index in [1.165, 1.54) is 0 Å². The first-order valence-electron chi connectivity index (χ1n) is 7.45. The monoisotopic (exact) mass is 294 g/mol. The highest BCUT2D eigenvalue weighted by molar-refractivity contribution is 5.56. The lowest BCUT2D eigenvalue weighted by atomic mass is 10.0. The molecule has 0 saturated carbocycles.